The molecule has 0 aromatic heterocycles. The molecule has 0 aliphatic carbocycles. The van der Waals surface area contributed by atoms with Crippen molar-refractivity contribution in [3.8, 4) is 0 Å². The molecule has 4 nitrogen and oxygen atoms in total. The van der Waals surface area contributed by atoms with Gasteiger partial charge >= 0.3 is 5.97 Å². The molecule has 2 N–H and O–H groups in total. The van der Waals surface area contributed by atoms with E-state index in [-0.39, 0.29) is 0 Å². The van der Waals surface area contributed by atoms with Crippen LogP contribution in [0.25, 0.3) is 0 Å². The predicted molar refractivity (Wildman–Crippen MR) is 58.5 cm³/mol. The molecule has 0 saturated heterocycles. The van der Waals surface area contributed by atoms with Crippen LogP contribution in [0.3, 0.4) is 0 Å². The Labute approximate surface area is 91.1 Å². The second-order valence-electron chi connectivity index (χ2n) is 3.83. The van der Waals surface area contributed by atoms with Crippen molar-refractivity contribution in [2.24, 2.45) is 5.92 Å². The minimum Gasteiger partial charge on any atom is -0.480 e. The minimum absolute atomic E-state index is 0.387. The van der Waals surface area contributed by atoms with Gasteiger partial charge in [0.05, 0.1) is 0 Å². The monoisotopic (exact) mass is 215 g/mol. The molecule has 0 fully saturated rings. The molecular weight excluding hydrogens is 194 g/mol. The van der Waals surface area contributed by atoms with Crippen molar-refractivity contribution in [3.63, 3.8) is 0 Å². The molecule has 0 heterocycles. The Hall–Kier alpha value is -1.06. The zero-order valence-corrected chi connectivity index (χ0v) is 9.53. The van der Waals surface area contributed by atoms with Gasteiger partial charge in [-0.3, -0.25) is 4.79 Å². The van der Waals surface area contributed by atoms with Crippen LogP contribution in [-0.4, -0.2) is 23.5 Å². The maximum absolute atomic E-state index is 10.8. The second-order valence-corrected chi connectivity index (χ2v) is 3.83. The van der Waals surface area contributed by atoms with Crippen LogP contribution >= 0.6 is 0 Å². The molecule has 88 valence electrons. The quantitative estimate of drug-likeness (QED) is 0.576. The highest BCUT2D eigenvalue weighted by molar-refractivity contribution is 5.76. The number of carbonyl (C=O) groups excluding carboxylic acids is 1. The first-order valence-electron chi connectivity index (χ1n) is 5.58. The fraction of sp³-hybridized carbons (Fsp3) is 0.818. The highest BCUT2D eigenvalue weighted by Crippen LogP contribution is 2.18. The molecule has 0 aliphatic rings. The first kappa shape index (κ1) is 13.9. The number of carbonyl (C=O) groups is 2. The zero-order chi connectivity index (χ0) is 11.7. The van der Waals surface area contributed by atoms with Crippen molar-refractivity contribution in [2.45, 2.75) is 52.0 Å². The third kappa shape index (κ3) is 6.10. The topological polar surface area (TPSA) is 66.4 Å². The van der Waals surface area contributed by atoms with Gasteiger partial charge in [-0.25, -0.2) is 4.79 Å². The molecule has 0 saturated carbocycles. The molecule has 0 aromatic carbocycles. The average molecular weight is 215 g/mol. The number of carboxylic acid groups (broad SMARTS) is 1. The third-order valence-corrected chi connectivity index (χ3v) is 2.68. The molecule has 4 heteroatoms. The summed E-state index contributed by atoms with van der Waals surface area (Å²) in [6.45, 7) is 4.17. The van der Waals surface area contributed by atoms with Crippen molar-refractivity contribution in [3.05, 3.63) is 0 Å². The van der Waals surface area contributed by atoms with Crippen LogP contribution in [0.4, 0.5) is 0 Å². The molecule has 1 amide bonds. The van der Waals surface area contributed by atoms with E-state index in [0.717, 1.165) is 25.7 Å². The van der Waals surface area contributed by atoms with Gasteiger partial charge in [0, 0.05) is 0 Å². The van der Waals surface area contributed by atoms with Crippen LogP contribution in [0.2, 0.25) is 0 Å². The molecule has 0 spiro atoms. The maximum atomic E-state index is 10.8. The summed E-state index contributed by atoms with van der Waals surface area (Å²) >= 11 is 0. The summed E-state index contributed by atoms with van der Waals surface area (Å²) in [5, 5.41) is 11.2. The molecule has 0 rings (SSSR count). The van der Waals surface area contributed by atoms with E-state index >= 15 is 0 Å². The van der Waals surface area contributed by atoms with Gasteiger partial charge in [0.1, 0.15) is 6.04 Å². The number of hydrogen-bond donors (Lipinski definition) is 2. The van der Waals surface area contributed by atoms with Crippen LogP contribution < -0.4 is 5.32 Å². The molecule has 0 aromatic rings. The lowest BCUT2D eigenvalue weighted by molar-refractivity contribution is -0.141. The summed E-state index contributed by atoms with van der Waals surface area (Å²) in [5.74, 6) is -0.560. The third-order valence-electron chi connectivity index (χ3n) is 2.68. The molecule has 2 unspecified atom stereocenters. The Morgan fingerprint density at radius 3 is 2.53 bits per heavy atom. The van der Waals surface area contributed by atoms with Gasteiger partial charge in [-0.05, 0) is 12.3 Å². The maximum Gasteiger partial charge on any atom is 0.326 e. The van der Waals surface area contributed by atoms with E-state index in [9.17, 15) is 9.59 Å². The number of rotatable bonds is 9. The normalized spacial score (nSPS) is 14.3. The molecule has 0 bridgehead atoms. The van der Waals surface area contributed by atoms with Gasteiger partial charge in [-0.2, -0.15) is 0 Å². The summed E-state index contributed by atoms with van der Waals surface area (Å²) in [4.78, 5) is 21.0. The number of unbranched alkanes of at least 4 members (excludes halogenated alkanes) is 1. The first-order valence-corrected chi connectivity index (χ1v) is 5.58. The van der Waals surface area contributed by atoms with Gasteiger partial charge in [-0.1, -0.05) is 39.5 Å². The fourth-order valence-electron chi connectivity index (χ4n) is 1.64. The highest BCUT2D eigenvalue weighted by atomic mass is 16.4. The highest BCUT2D eigenvalue weighted by Gasteiger charge is 2.20. The largest absolute Gasteiger partial charge is 0.480 e. The summed E-state index contributed by atoms with van der Waals surface area (Å²) in [6, 6.07) is -0.732. The smallest absolute Gasteiger partial charge is 0.326 e. The summed E-state index contributed by atoms with van der Waals surface area (Å²) in [6.07, 6.45) is 5.23. The molecular formula is C11H21NO3. The van der Waals surface area contributed by atoms with Gasteiger partial charge in [0.15, 0.2) is 0 Å². The first-order chi connectivity index (χ1) is 7.15. The van der Waals surface area contributed by atoms with E-state index in [1.54, 1.807) is 0 Å². The number of carboxylic acids is 1. The van der Waals surface area contributed by atoms with Crippen molar-refractivity contribution in [2.75, 3.05) is 0 Å². The van der Waals surface area contributed by atoms with Crippen LogP contribution in [0.1, 0.15) is 46.0 Å². The van der Waals surface area contributed by atoms with Crippen LogP contribution in [0.5, 0.6) is 0 Å². The van der Waals surface area contributed by atoms with Gasteiger partial charge < -0.3 is 10.4 Å². The lowest BCUT2D eigenvalue weighted by Gasteiger charge is -2.18. The van der Waals surface area contributed by atoms with E-state index in [0.29, 0.717) is 18.7 Å². The SMILES string of the molecule is CCCCC(CC)CC(NC=O)C(=O)O. The number of hydrogen-bond acceptors (Lipinski definition) is 2. The van der Waals surface area contributed by atoms with Gasteiger partial charge in [0.2, 0.25) is 6.41 Å². The van der Waals surface area contributed by atoms with Crippen LogP contribution in [0.15, 0.2) is 0 Å². The Bertz CT molecular complexity index is 194. The second kappa shape index (κ2) is 8.26. The van der Waals surface area contributed by atoms with Crippen LogP contribution in [-0.2, 0) is 9.59 Å². The zero-order valence-electron chi connectivity index (χ0n) is 9.53. The molecule has 2 atom stereocenters. The Morgan fingerprint density at radius 1 is 1.47 bits per heavy atom. The van der Waals surface area contributed by atoms with Crippen molar-refractivity contribution in [1.29, 1.82) is 0 Å². The van der Waals surface area contributed by atoms with Crippen molar-refractivity contribution >= 4 is 12.4 Å². The minimum atomic E-state index is -0.947. The lowest BCUT2D eigenvalue weighted by atomic mass is 9.92. The summed E-state index contributed by atoms with van der Waals surface area (Å²) in [7, 11) is 0. The standard InChI is InChI=1S/C11H21NO3/c1-3-5-6-9(4-2)7-10(11(14)15)12-8-13/h8-10H,3-7H2,1-2H3,(H,12,13)(H,14,15). The summed E-state index contributed by atoms with van der Waals surface area (Å²) in [5.41, 5.74) is 0. The fourth-order valence-corrected chi connectivity index (χ4v) is 1.64. The summed E-state index contributed by atoms with van der Waals surface area (Å²) < 4.78 is 0. The van der Waals surface area contributed by atoms with Gasteiger partial charge in [-0.15, -0.1) is 0 Å². The predicted octanol–water partition coefficient (Wildman–Crippen LogP) is 1.79. The molecule has 15 heavy (non-hydrogen) atoms. The van der Waals surface area contributed by atoms with Crippen LogP contribution in [0, 0.1) is 5.92 Å². The van der Waals surface area contributed by atoms with E-state index in [1.807, 2.05) is 0 Å². The number of nitrogens with one attached hydrogen (secondary N) is 1. The average Bonchev–Trinajstić information content (AvgIpc) is 2.22. The van der Waals surface area contributed by atoms with Crippen molar-refractivity contribution in [1.82, 2.24) is 5.32 Å². The van der Waals surface area contributed by atoms with E-state index < -0.39 is 12.0 Å². The number of amides is 1. The van der Waals surface area contributed by atoms with Crippen molar-refractivity contribution < 1.29 is 14.7 Å². The van der Waals surface area contributed by atoms with E-state index in [4.69, 9.17) is 5.11 Å². The van der Waals surface area contributed by atoms with E-state index in [1.165, 1.54) is 0 Å². The number of aliphatic carboxylic acids is 1. The Kier molecular flexibility index (Phi) is 7.68. The Balaban J connectivity index is 4.08. The lowest BCUT2D eigenvalue weighted by Crippen LogP contribution is -2.37. The molecule has 0 radical (unpaired) electrons. The van der Waals surface area contributed by atoms with Gasteiger partial charge in [0.25, 0.3) is 0 Å². The van der Waals surface area contributed by atoms with E-state index in [2.05, 4.69) is 19.2 Å². The molecule has 0 aliphatic heterocycles. The Morgan fingerprint density at radius 2 is 2.13 bits per heavy atom.